The highest BCUT2D eigenvalue weighted by atomic mass is 79.9. The summed E-state index contributed by atoms with van der Waals surface area (Å²) in [4.78, 5) is 12.7. The minimum Gasteiger partial charge on any atom is -0.381 e. The van der Waals surface area contributed by atoms with E-state index in [9.17, 15) is 10.1 Å². The second-order valence-corrected chi connectivity index (χ2v) is 5.22. The van der Waals surface area contributed by atoms with Crippen LogP contribution in [0.5, 0.6) is 0 Å². The van der Waals surface area contributed by atoms with E-state index in [1.807, 2.05) is 13.1 Å². The largest absolute Gasteiger partial charge is 0.381 e. The highest BCUT2D eigenvalue weighted by Gasteiger charge is 2.21. The van der Waals surface area contributed by atoms with Gasteiger partial charge in [-0.25, -0.2) is 0 Å². The van der Waals surface area contributed by atoms with Crippen molar-refractivity contribution in [2.75, 3.05) is 25.2 Å². The highest BCUT2D eigenvalue weighted by molar-refractivity contribution is 9.08. The summed E-state index contributed by atoms with van der Waals surface area (Å²) in [6.07, 6.45) is 1.99. The molecule has 1 aromatic rings. The average molecular weight is 329 g/mol. The van der Waals surface area contributed by atoms with Crippen LogP contribution in [-0.2, 0) is 10.1 Å². The van der Waals surface area contributed by atoms with Gasteiger partial charge in [-0.1, -0.05) is 15.9 Å². The molecule has 1 saturated heterocycles. The van der Waals surface area contributed by atoms with E-state index in [4.69, 9.17) is 4.74 Å². The lowest BCUT2D eigenvalue weighted by Crippen LogP contribution is -2.37. The number of hydrogen-bond acceptors (Lipinski definition) is 4. The van der Waals surface area contributed by atoms with Gasteiger partial charge in [-0.2, -0.15) is 0 Å². The fourth-order valence-electron chi connectivity index (χ4n) is 2.41. The van der Waals surface area contributed by atoms with Crippen molar-refractivity contribution in [3.8, 4) is 0 Å². The van der Waals surface area contributed by atoms with Gasteiger partial charge in [0.25, 0.3) is 5.69 Å². The molecule has 0 aliphatic carbocycles. The minimum atomic E-state index is -0.357. The Hall–Kier alpha value is -1.14. The Morgan fingerprint density at radius 2 is 2.16 bits per heavy atom. The molecular formula is C13H17BrN2O3. The first-order valence-corrected chi connectivity index (χ1v) is 7.39. The third-order valence-corrected chi connectivity index (χ3v) is 4.14. The molecule has 19 heavy (non-hydrogen) atoms. The van der Waals surface area contributed by atoms with Crippen LogP contribution in [0.4, 0.5) is 11.4 Å². The molecule has 2 rings (SSSR count). The van der Waals surface area contributed by atoms with Crippen LogP contribution in [0.15, 0.2) is 18.2 Å². The standard InChI is InChI=1S/C13H17BrN2O3/c1-15(11-4-6-19-7-5-11)13-3-2-12(16(17)18)8-10(13)9-14/h2-3,8,11H,4-7,9H2,1H3. The first-order chi connectivity index (χ1) is 9.13. The molecule has 104 valence electrons. The zero-order valence-corrected chi connectivity index (χ0v) is 12.4. The van der Waals surface area contributed by atoms with Crippen LogP contribution in [0.25, 0.3) is 0 Å². The minimum absolute atomic E-state index is 0.138. The molecular weight excluding hydrogens is 312 g/mol. The molecule has 1 heterocycles. The van der Waals surface area contributed by atoms with Crippen molar-refractivity contribution in [3.05, 3.63) is 33.9 Å². The van der Waals surface area contributed by atoms with Crippen molar-refractivity contribution in [1.82, 2.24) is 0 Å². The van der Waals surface area contributed by atoms with E-state index in [1.54, 1.807) is 12.1 Å². The molecule has 1 aliphatic rings. The lowest BCUT2D eigenvalue weighted by atomic mass is 10.1. The van der Waals surface area contributed by atoms with Gasteiger partial charge in [0.15, 0.2) is 0 Å². The monoisotopic (exact) mass is 328 g/mol. The molecule has 0 saturated carbocycles. The van der Waals surface area contributed by atoms with Crippen molar-refractivity contribution in [2.45, 2.75) is 24.2 Å². The Morgan fingerprint density at radius 1 is 1.47 bits per heavy atom. The topological polar surface area (TPSA) is 55.6 Å². The number of nitro groups is 1. The Balaban J connectivity index is 2.25. The number of alkyl halides is 1. The Bertz CT molecular complexity index is 461. The normalized spacial score (nSPS) is 16.3. The Morgan fingerprint density at radius 3 is 2.74 bits per heavy atom. The number of non-ortho nitro benzene ring substituents is 1. The van der Waals surface area contributed by atoms with Gasteiger partial charge in [-0.3, -0.25) is 10.1 Å². The number of nitrogens with zero attached hydrogens (tertiary/aromatic N) is 2. The number of ether oxygens (including phenoxy) is 1. The van der Waals surface area contributed by atoms with Gasteiger partial charge < -0.3 is 9.64 Å². The van der Waals surface area contributed by atoms with Gasteiger partial charge in [-0.15, -0.1) is 0 Å². The van der Waals surface area contributed by atoms with E-state index in [2.05, 4.69) is 20.8 Å². The second-order valence-electron chi connectivity index (χ2n) is 4.66. The van der Waals surface area contributed by atoms with Gasteiger partial charge in [0, 0.05) is 49.5 Å². The van der Waals surface area contributed by atoms with E-state index in [0.717, 1.165) is 37.3 Å². The molecule has 5 nitrogen and oxygen atoms in total. The van der Waals surface area contributed by atoms with E-state index in [-0.39, 0.29) is 10.6 Å². The number of halogens is 1. The molecule has 1 aliphatic heterocycles. The van der Waals surface area contributed by atoms with Crippen LogP contribution in [0.3, 0.4) is 0 Å². The highest BCUT2D eigenvalue weighted by Crippen LogP contribution is 2.29. The predicted molar refractivity (Wildman–Crippen MR) is 78.0 cm³/mol. The zero-order chi connectivity index (χ0) is 13.8. The molecule has 1 aromatic carbocycles. The van der Waals surface area contributed by atoms with Crippen molar-refractivity contribution >= 4 is 27.3 Å². The maximum absolute atomic E-state index is 10.8. The molecule has 0 N–H and O–H groups in total. The maximum Gasteiger partial charge on any atom is 0.269 e. The van der Waals surface area contributed by atoms with E-state index < -0.39 is 0 Å². The van der Waals surface area contributed by atoms with Gasteiger partial charge >= 0.3 is 0 Å². The van der Waals surface area contributed by atoms with E-state index in [0.29, 0.717) is 11.4 Å². The molecule has 0 spiro atoms. The van der Waals surface area contributed by atoms with Crippen molar-refractivity contribution in [1.29, 1.82) is 0 Å². The zero-order valence-electron chi connectivity index (χ0n) is 10.8. The summed E-state index contributed by atoms with van der Waals surface area (Å²) < 4.78 is 5.37. The third kappa shape index (κ3) is 3.25. The fourth-order valence-corrected chi connectivity index (χ4v) is 2.85. The molecule has 1 fully saturated rings. The number of hydrogen-bond donors (Lipinski definition) is 0. The van der Waals surface area contributed by atoms with Crippen LogP contribution >= 0.6 is 15.9 Å². The SMILES string of the molecule is CN(c1ccc([N+](=O)[O-])cc1CBr)C1CCOCC1. The molecule has 0 radical (unpaired) electrons. The first-order valence-electron chi connectivity index (χ1n) is 6.27. The smallest absolute Gasteiger partial charge is 0.269 e. The maximum atomic E-state index is 10.8. The third-order valence-electron chi connectivity index (χ3n) is 3.54. The number of anilines is 1. The summed E-state index contributed by atoms with van der Waals surface area (Å²) in [5.41, 5.74) is 2.14. The lowest BCUT2D eigenvalue weighted by Gasteiger charge is -2.34. The summed E-state index contributed by atoms with van der Waals surface area (Å²) in [7, 11) is 2.04. The quantitative estimate of drug-likeness (QED) is 0.484. The molecule has 6 heteroatoms. The Kier molecular flexibility index (Phi) is 4.76. The van der Waals surface area contributed by atoms with Crippen LogP contribution in [0, 0.1) is 10.1 Å². The van der Waals surface area contributed by atoms with Crippen LogP contribution in [0.1, 0.15) is 18.4 Å². The summed E-state index contributed by atoms with van der Waals surface area (Å²) in [6, 6.07) is 5.48. The molecule has 0 bridgehead atoms. The molecule has 0 atom stereocenters. The predicted octanol–water partition coefficient (Wildman–Crippen LogP) is 3.10. The van der Waals surface area contributed by atoms with Gasteiger partial charge in [0.05, 0.1) is 4.92 Å². The average Bonchev–Trinajstić information content (AvgIpc) is 2.46. The Labute approximate surface area is 120 Å². The van der Waals surface area contributed by atoms with Crippen molar-refractivity contribution in [3.63, 3.8) is 0 Å². The second kappa shape index (κ2) is 6.34. The number of benzene rings is 1. The van der Waals surface area contributed by atoms with Crippen molar-refractivity contribution in [2.24, 2.45) is 0 Å². The summed E-state index contributed by atoms with van der Waals surface area (Å²) in [5.74, 6) is 0. The molecule has 0 unspecified atom stereocenters. The summed E-state index contributed by atoms with van der Waals surface area (Å²) in [6.45, 7) is 1.57. The van der Waals surface area contributed by atoms with Gasteiger partial charge in [-0.05, 0) is 24.5 Å². The first kappa shape index (κ1) is 14.3. The van der Waals surface area contributed by atoms with Gasteiger partial charge in [0.1, 0.15) is 0 Å². The fraction of sp³-hybridized carbons (Fsp3) is 0.538. The van der Waals surface area contributed by atoms with Crippen LogP contribution in [0.2, 0.25) is 0 Å². The lowest BCUT2D eigenvalue weighted by molar-refractivity contribution is -0.384. The van der Waals surface area contributed by atoms with Crippen molar-refractivity contribution < 1.29 is 9.66 Å². The van der Waals surface area contributed by atoms with E-state index in [1.165, 1.54) is 0 Å². The molecule has 0 aromatic heterocycles. The van der Waals surface area contributed by atoms with E-state index >= 15 is 0 Å². The molecule has 0 amide bonds. The van der Waals surface area contributed by atoms with Crippen LogP contribution < -0.4 is 4.90 Å². The van der Waals surface area contributed by atoms with Crippen LogP contribution in [-0.4, -0.2) is 31.2 Å². The summed E-state index contributed by atoms with van der Waals surface area (Å²) in [5, 5.41) is 11.4. The summed E-state index contributed by atoms with van der Waals surface area (Å²) >= 11 is 3.41. The number of nitro benzene ring substituents is 1. The number of rotatable bonds is 4. The van der Waals surface area contributed by atoms with Gasteiger partial charge in [0.2, 0.25) is 0 Å².